The Bertz CT molecular complexity index is 718. The molecular formula is C23H27BrO. The Morgan fingerprint density at radius 2 is 1.68 bits per heavy atom. The van der Waals surface area contributed by atoms with E-state index in [1.54, 1.807) is 0 Å². The minimum atomic E-state index is 0.388. The normalized spacial score (nSPS) is 14.3. The van der Waals surface area contributed by atoms with Crippen molar-refractivity contribution in [3.05, 3.63) is 65.2 Å². The lowest BCUT2D eigenvalue weighted by Crippen LogP contribution is -1.95. The molecule has 0 radical (unpaired) electrons. The summed E-state index contributed by atoms with van der Waals surface area (Å²) in [5.74, 6) is 0.388. The second kappa shape index (κ2) is 9.24. The van der Waals surface area contributed by atoms with Gasteiger partial charge in [0, 0.05) is 5.33 Å². The molecule has 25 heavy (non-hydrogen) atoms. The molecule has 0 unspecified atom stereocenters. The molecule has 1 aliphatic carbocycles. The third kappa shape index (κ3) is 4.76. The van der Waals surface area contributed by atoms with Gasteiger partial charge in [-0.25, -0.2) is 0 Å². The van der Waals surface area contributed by atoms with E-state index >= 15 is 0 Å². The van der Waals surface area contributed by atoms with Crippen molar-refractivity contribution in [3.8, 4) is 5.75 Å². The highest BCUT2D eigenvalue weighted by Gasteiger charge is 2.18. The van der Waals surface area contributed by atoms with Crippen LogP contribution in [0.4, 0.5) is 0 Å². The molecule has 1 aliphatic rings. The Labute approximate surface area is 159 Å². The lowest BCUT2D eigenvalue weighted by atomic mass is 9.89. The molecule has 1 nitrogen and oxygen atoms in total. The smallest absolute Gasteiger partial charge is 0.115 e. The molecule has 132 valence electrons. The first-order valence-electron chi connectivity index (χ1n) is 9.45. The zero-order chi connectivity index (χ0) is 17.5. The minimum absolute atomic E-state index is 0.388. The van der Waals surface area contributed by atoms with Gasteiger partial charge in [-0.15, -0.1) is 0 Å². The van der Waals surface area contributed by atoms with Crippen LogP contribution in [0.25, 0.3) is 11.1 Å². The lowest BCUT2D eigenvalue weighted by molar-refractivity contribution is 0.474. The van der Waals surface area contributed by atoms with Crippen molar-refractivity contribution in [1.29, 1.82) is 0 Å². The van der Waals surface area contributed by atoms with Gasteiger partial charge < -0.3 is 5.11 Å². The molecule has 0 heterocycles. The molecule has 0 aromatic heterocycles. The topological polar surface area (TPSA) is 20.2 Å². The molecule has 0 saturated heterocycles. The van der Waals surface area contributed by atoms with E-state index in [0.29, 0.717) is 5.75 Å². The van der Waals surface area contributed by atoms with Crippen molar-refractivity contribution in [2.75, 3.05) is 5.33 Å². The van der Waals surface area contributed by atoms with Crippen LogP contribution in [0.2, 0.25) is 0 Å². The largest absolute Gasteiger partial charge is 0.508 e. The second-order valence-corrected chi connectivity index (χ2v) is 7.66. The van der Waals surface area contributed by atoms with Crippen LogP contribution in [0, 0.1) is 0 Å². The Hall–Kier alpha value is -1.54. The summed E-state index contributed by atoms with van der Waals surface area (Å²) in [5.41, 5.74) is 7.03. The summed E-state index contributed by atoms with van der Waals surface area (Å²) < 4.78 is 0. The number of alkyl halides is 1. The third-order valence-corrected chi connectivity index (χ3v) is 5.64. The molecule has 0 fully saturated rings. The maximum atomic E-state index is 9.90. The van der Waals surface area contributed by atoms with Gasteiger partial charge in [-0.05, 0) is 78.5 Å². The van der Waals surface area contributed by atoms with Crippen molar-refractivity contribution in [2.45, 2.75) is 51.4 Å². The van der Waals surface area contributed by atoms with Crippen molar-refractivity contribution < 1.29 is 5.11 Å². The summed E-state index contributed by atoms with van der Waals surface area (Å²) >= 11 is 3.52. The highest BCUT2D eigenvalue weighted by molar-refractivity contribution is 9.09. The van der Waals surface area contributed by atoms with Gasteiger partial charge in [0.25, 0.3) is 0 Å². The van der Waals surface area contributed by atoms with Crippen molar-refractivity contribution in [3.63, 3.8) is 0 Å². The van der Waals surface area contributed by atoms with E-state index in [-0.39, 0.29) is 0 Å². The van der Waals surface area contributed by atoms with E-state index in [1.165, 1.54) is 53.5 Å². The van der Waals surface area contributed by atoms with E-state index < -0.39 is 0 Å². The fourth-order valence-electron chi connectivity index (χ4n) is 3.84. The summed E-state index contributed by atoms with van der Waals surface area (Å²) in [5, 5.41) is 11.0. The average Bonchev–Trinajstić information content (AvgIpc) is 2.81. The summed E-state index contributed by atoms with van der Waals surface area (Å²) in [6, 6.07) is 16.8. The standard InChI is InChI=1S/C23H27BrO/c24-16-7-2-1-6-12-23-21(18-9-4-3-5-10-18)13-8-11-19-17-20(25)14-15-22(19)23/h3-5,9-10,14-15,17,25H,1-2,6-8,11-13,16H2. The first-order valence-corrected chi connectivity index (χ1v) is 10.6. The number of allylic oxidation sites excluding steroid dienone is 2. The van der Waals surface area contributed by atoms with Gasteiger partial charge in [0.2, 0.25) is 0 Å². The SMILES string of the molecule is Oc1ccc2c(c1)CCCC(c1ccccc1)=C2CCCCCCBr. The van der Waals surface area contributed by atoms with Gasteiger partial charge >= 0.3 is 0 Å². The van der Waals surface area contributed by atoms with Gasteiger partial charge in [0.1, 0.15) is 5.75 Å². The number of hydrogen-bond donors (Lipinski definition) is 1. The summed E-state index contributed by atoms with van der Waals surface area (Å²) in [4.78, 5) is 0. The molecule has 0 amide bonds. The van der Waals surface area contributed by atoms with E-state index in [4.69, 9.17) is 0 Å². The van der Waals surface area contributed by atoms with Crippen LogP contribution in [0.5, 0.6) is 5.75 Å². The Kier molecular flexibility index (Phi) is 6.75. The van der Waals surface area contributed by atoms with Crippen LogP contribution in [0.1, 0.15) is 61.6 Å². The Morgan fingerprint density at radius 1 is 0.880 bits per heavy atom. The Balaban J connectivity index is 1.94. The van der Waals surface area contributed by atoms with Gasteiger partial charge in [-0.3, -0.25) is 0 Å². The fraction of sp³-hybridized carbons (Fsp3) is 0.391. The number of hydrogen-bond acceptors (Lipinski definition) is 1. The van der Waals surface area contributed by atoms with Crippen molar-refractivity contribution in [1.82, 2.24) is 0 Å². The van der Waals surface area contributed by atoms with Gasteiger partial charge in [-0.2, -0.15) is 0 Å². The highest BCUT2D eigenvalue weighted by atomic mass is 79.9. The summed E-state index contributed by atoms with van der Waals surface area (Å²) in [6.45, 7) is 0. The van der Waals surface area contributed by atoms with Crippen LogP contribution >= 0.6 is 15.9 Å². The first kappa shape index (κ1) is 18.3. The molecule has 1 N–H and O–H groups in total. The van der Waals surface area contributed by atoms with Gasteiger partial charge in [0.15, 0.2) is 0 Å². The zero-order valence-corrected chi connectivity index (χ0v) is 16.4. The van der Waals surface area contributed by atoms with E-state index in [2.05, 4.69) is 52.3 Å². The van der Waals surface area contributed by atoms with Crippen LogP contribution in [0.15, 0.2) is 48.5 Å². The van der Waals surface area contributed by atoms with Crippen LogP contribution in [-0.2, 0) is 6.42 Å². The number of unbranched alkanes of at least 4 members (excludes halogenated alkanes) is 3. The minimum Gasteiger partial charge on any atom is -0.508 e. The molecule has 2 aromatic carbocycles. The zero-order valence-electron chi connectivity index (χ0n) is 14.8. The maximum Gasteiger partial charge on any atom is 0.115 e. The number of aromatic hydroxyl groups is 1. The number of halogens is 1. The van der Waals surface area contributed by atoms with E-state index in [9.17, 15) is 5.11 Å². The van der Waals surface area contributed by atoms with E-state index in [1.807, 2.05) is 12.1 Å². The molecule has 0 atom stereocenters. The predicted octanol–water partition coefficient (Wildman–Crippen LogP) is 6.98. The summed E-state index contributed by atoms with van der Waals surface area (Å²) in [6.07, 6.45) is 9.52. The molecule has 2 heteroatoms. The monoisotopic (exact) mass is 398 g/mol. The van der Waals surface area contributed by atoms with Crippen LogP contribution in [-0.4, -0.2) is 10.4 Å². The maximum absolute atomic E-state index is 9.90. The van der Waals surface area contributed by atoms with Crippen LogP contribution in [0.3, 0.4) is 0 Å². The van der Waals surface area contributed by atoms with Crippen LogP contribution < -0.4 is 0 Å². The lowest BCUT2D eigenvalue weighted by Gasteiger charge is -2.16. The number of rotatable bonds is 7. The predicted molar refractivity (Wildman–Crippen MR) is 111 cm³/mol. The van der Waals surface area contributed by atoms with Crippen molar-refractivity contribution in [2.24, 2.45) is 0 Å². The molecule has 0 saturated carbocycles. The van der Waals surface area contributed by atoms with Gasteiger partial charge in [0.05, 0.1) is 0 Å². The fourth-order valence-corrected chi connectivity index (χ4v) is 4.24. The van der Waals surface area contributed by atoms with E-state index in [0.717, 1.165) is 31.0 Å². The molecule has 0 aliphatic heterocycles. The number of phenols is 1. The molecular weight excluding hydrogens is 372 g/mol. The average molecular weight is 399 g/mol. The quantitative estimate of drug-likeness (QED) is 0.393. The number of benzene rings is 2. The molecule has 3 rings (SSSR count). The number of phenolic OH excluding ortho intramolecular Hbond substituents is 1. The molecule has 0 bridgehead atoms. The molecule has 2 aromatic rings. The second-order valence-electron chi connectivity index (χ2n) is 6.87. The van der Waals surface area contributed by atoms with Crippen molar-refractivity contribution >= 4 is 27.1 Å². The molecule has 0 spiro atoms. The summed E-state index contributed by atoms with van der Waals surface area (Å²) in [7, 11) is 0. The number of aryl methyl sites for hydroxylation is 1. The first-order chi connectivity index (χ1) is 12.3. The third-order valence-electron chi connectivity index (χ3n) is 5.08. The number of fused-ring (bicyclic) bond motifs is 1. The Morgan fingerprint density at radius 3 is 2.48 bits per heavy atom. The highest BCUT2D eigenvalue weighted by Crippen LogP contribution is 2.39. The van der Waals surface area contributed by atoms with Gasteiger partial charge in [-0.1, -0.05) is 65.2 Å².